The highest BCUT2D eigenvalue weighted by Gasteiger charge is 2.22. The number of hydrogen-bond donors (Lipinski definition) is 2. The molecular weight excluding hydrogens is 270 g/mol. The van der Waals surface area contributed by atoms with Crippen LogP contribution in [0.4, 0.5) is 5.82 Å². The van der Waals surface area contributed by atoms with Crippen LogP contribution in [0.1, 0.15) is 34.5 Å². The number of aryl methyl sites for hydroxylation is 2. The first-order valence-corrected chi connectivity index (χ1v) is 7.11. The van der Waals surface area contributed by atoms with Crippen molar-refractivity contribution in [1.29, 1.82) is 0 Å². The number of methoxy groups -OCH3 is 1. The molecule has 1 amide bonds. The smallest absolute Gasteiger partial charge is 0.339 e. The molecule has 21 heavy (non-hydrogen) atoms. The average molecular weight is 291 g/mol. The summed E-state index contributed by atoms with van der Waals surface area (Å²) in [5, 5.41) is 6.08. The van der Waals surface area contributed by atoms with E-state index < -0.39 is 5.97 Å². The van der Waals surface area contributed by atoms with Crippen LogP contribution < -0.4 is 10.6 Å². The Kier molecular flexibility index (Phi) is 4.90. The normalized spacial score (nSPS) is 15.6. The monoisotopic (exact) mass is 291 g/mol. The second-order valence-electron chi connectivity index (χ2n) is 5.29. The number of carbonyl (C=O) groups excluding carboxylic acids is 2. The maximum Gasteiger partial charge on any atom is 0.339 e. The molecular formula is C15H21N3O3. The molecule has 6 heteroatoms. The van der Waals surface area contributed by atoms with Gasteiger partial charge in [0.15, 0.2) is 0 Å². The zero-order valence-electron chi connectivity index (χ0n) is 12.7. The maximum atomic E-state index is 12.2. The van der Waals surface area contributed by atoms with Gasteiger partial charge in [-0.3, -0.25) is 4.79 Å². The number of hydrogen-bond acceptors (Lipinski definition) is 5. The van der Waals surface area contributed by atoms with Gasteiger partial charge in [-0.1, -0.05) is 0 Å². The van der Waals surface area contributed by atoms with Crippen molar-refractivity contribution in [2.75, 3.05) is 25.5 Å². The van der Waals surface area contributed by atoms with E-state index in [1.165, 1.54) is 7.11 Å². The lowest BCUT2D eigenvalue weighted by Crippen LogP contribution is -2.34. The minimum atomic E-state index is -0.409. The predicted molar refractivity (Wildman–Crippen MR) is 79.3 cm³/mol. The number of carbonyl (C=O) groups is 2. The molecule has 2 heterocycles. The number of rotatable bonds is 3. The molecule has 0 unspecified atom stereocenters. The van der Waals surface area contributed by atoms with Crippen molar-refractivity contribution >= 4 is 17.7 Å². The SMILES string of the molecule is COC(=O)c1c(C)cc(NC(=O)C2CCNCC2)nc1C. The van der Waals surface area contributed by atoms with Gasteiger partial charge in [-0.05, 0) is 51.4 Å². The molecule has 2 N–H and O–H groups in total. The van der Waals surface area contributed by atoms with Crippen molar-refractivity contribution in [2.24, 2.45) is 5.92 Å². The van der Waals surface area contributed by atoms with Gasteiger partial charge in [0.2, 0.25) is 5.91 Å². The fourth-order valence-corrected chi connectivity index (χ4v) is 2.62. The lowest BCUT2D eigenvalue weighted by atomic mass is 9.97. The minimum absolute atomic E-state index is 0.00591. The summed E-state index contributed by atoms with van der Waals surface area (Å²) in [7, 11) is 1.34. The molecule has 1 aliphatic rings. The van der Waals surface area contributed by atoms with Crippen molar-refractivity contribution in [2.45, 2.75) is 26.7 Å². The van der Waals surface area contributed by atoms with Gasteiger partial charge in [-0.15, -0.1) is 0 Å². The second kappa shape index (κ2) is 6.67. The molecule has 2 rings (SSSR count). The van der Waals surface area contributed by atoms with Crippen LogP contribution in [0.15, 0.2) is 6.07 Å². The first kappa shape index (κ1) is 15.4. The summed E-state index contributed by atoms with van der Waals surface area (Å²) in [5.74, 6) is 0.0949. The first-order chi connectivity index (χ1) is 10.0. The molecule has 1 aromatic rings. The number of nitrogens with one attached hydrogen (secondary N) is 2. The standard InChI is InChI=1S/C15H21N3O3/c1-9-8-12(17-10(2)13(9)15(20)21-3)18-14(19)11-4-6-16-7-5-11/h8,11,16H,4-7H2,1-3H3,(H,17,18,19). The Balaban J connectivity index is 2.14. The topological polar surface area (TPSA) is 80.3 Å². The van der Waals surface area contributed by atoms with E-state index in [2.05, 4.69) is 15.6 Å². The number of aromatic nitrogens is 1. The van der Waals surface area contributed by atoms with Crippen LogP contribution in [0.3, 0.4) is 0 Å². The van der Waals surface area contributed by atoms with Crippen molar-refractivity contribution in [3.8, 4) is 0 Å². The number of anilines is 1. The predicted octanol–water partition coefficient (Wildman–Crippen LogP) is 1.42. The summed E-state index contributed by atoms with van der Waals surface area (Å²) in [6.07, 6.45) is 1.67. The zero-order chi connectivity index (χ0) is 15.4. The minimum Gasteiger partial charge on any atom is -0.465 e. The van der Waals surface area contributed by atoms with Crippen LogP contribution in [-0.2, 0) is 9.53 Å². The number of ether oxygens (including phenoxy) is 1. The molecule has 6 nitrogen and oxygen atoms in total. The van der Waals surface area contributed by atoms with Crippen LogP contribution in [0.5, 0.6) is 0 Å². The molecule has 1 saturated heterocycles. The lowest BCUT2D eigenvalue weighted by molar-refractivity contribution is -0.120. The molecule has 114 valence electrons. The lowest BCUT2D eigenvalue weighted by Gasteiger charge is -2.21. The largest absolute Gasteiger partial charge is 0.465 e. The van der Waals surface area contributed by atoms with Gasteiger partial charge in [-0.25, -0.2) is 9.78 Å². The van der Waals surface area contributed by atoms with Gasteiger partial charge in [0, 0.05) is 5.92 Å². The Hall–Kier alpha value is -1.95. The van der Waals surface area contributed by atoms with Gasteiger partial charge in [0.05, 0.1) is 18.4 Å². The molecule has 0 saturated carbocycles. The van der Waals surface area contributed by atoms with E-state index >= 15 is 0 Å². The Bertz CT molecular complexity index is 528. The van der Waals surface area contributed by atoms with Crippen LogP contribution in [0, 0.1) is 19.8 Å². The van der Waals surface area contributed by atoms with E-state index in [0.717, 1.165) is 31.5 Å². The third kappa shape index (κ3) is 3.58. The first-order valence-electron chi connectivity index (χ1n) is 7.11. The number of esters is 1. The van der Waals surface area contributed by atoms with Gasteiger partial charge in [-0.2, -0.15) is 0 Å². The molecule has 0 aromatic carbocycles. The highest BCUT2D eigenvalue weighted by molar-refractivity contribution is 5.94. The number of piperidine rings is 1. The second-order valence-corrected chi connectivity index (χ2v) is 5.29. The Morgan fingerprint density at radius 1 is 1.33 bits per heavy atom. The molecule has 0 spiro atoms. The van der Waals surface area contributed by atoms with E-state index in [-0.39, 0.29) is 11.8 Å². The van der Waals surface area contributed by atoms with E-state index in [0.29, 0.717) is 17.1 Å². The van der Waals surface area contributed by atoms with E-state index in [9.17, 15) is 9.59 Å². The number of amides is 1. The third-order valence-corrected chi connectivity index (χ3v) is 3.75. The molecule has 1 fully saturated rings. The van der Waals surface area contributed by atoms with Crippen molar-refractivity contribution in [3.05, 3.63) is 22.9 Å². The molecule has 0 radical (unpaired) electrons. The molecule has 1 aromatic heterocycles. The molecule has 0 bridgehead atoms. The van der Waals surface area contributed by atoms with Crippen molar-refractivity contribution in [1.82, 2.24) is 10.3 Å². The summed E-state index contributed by atoms with van der Waals surface area (Å²) in [5.41, 5.74) is 1.76. The highest BCUT2D eigenvalue weighted by Crippen LogP contribution is 2.19. The fourth-order valence-electron chi connectivity index (χ4n) is 2.62. The van der Waals surface area contributed by atoms with E-state index in [1.54, 1.807) is 19.9 Å². The van der Waals surface area contributed by atoms with Gasteiger partial charge in [0.25, 0.3) is 0 Å². The van der Waals surface area contributed by atoms with Gasteiger partial charge in [0.1, 0.15) is 5.82 Å². The molecule has 0 aliphatic carbocycles. The van der Waals surface area contributed by atoms with E-state index in [4.69, 9.17) is 4.74 Å². The Labute approximate surface area is 124 Å². The summed E-state index contributed by atoms with van der Waals surface area (Å²) in [6, 6.07) is 1.71. The Morgan fingerprint density at radius 3 is 2.57 bits per heavy atom. The van der Waals surface area contributed by atoms with Crippen molar-refractivity contribution < 1.29 is 14.3 Å². The quantitative estimate of drug-likeness (QED) is 0.823. The summed E-state index contributed by atoms with van der Waals surface area (Å²) < 4.78 is 4.74. The van der Waals surface area contributed by atoms with Gasteiger partial charge < -0.3 is 15.4 Å². The van der Waals surface area contributed by atoms with Gasteiger partial charge >= 0.3 is 5.97 Å². The summed E-state index contributed by atoms with van der Waals surface area (Å²) in [4.78, 5) is 28.2. The third-order valence-electron chi connectivity index (χ3n) is 3.75. The molecule has 0 atom stereocenters. The van der Waals surface area contributed by atoms with Crippen molar-refractivity contribution in [3.63, 3.8) is 0 Å². The zero-order valence-corrected chi connectivity index (χ0v) is 12.7. The highest BCUT2D eigenvalue weighted by atomic mass is 16.5. The average Bonchev–Trinajstić information content (AvgIpc) is 2.47. The van der Waals surface area contributed by atoms with Crippen LogP contribution >= 0.6 is 0 Å². The van der Waals surface area contributed by atoms with Crippen LogP contribution in [-0.4, -0.2) is 37.1 Å². The van der Waals surface area contributed by atoms with Crippen LogP contribution in [0.2, 0.25) is 0 Å². The summed E-state index contributed by atoms with van der Waals surface area (Å²) in [6.45, 7) is 5.27. The Morgan fingerprint density at radius 2 is 2.00 bits per heavy atom. The maximum absolute atomic E-state index is 12.2. The number of nitrogens with zero attached hydrogens (tertiary/aromatic N) is 1. The van der Waals surface area contributed by atoms with Crippen LogP contribution in [0.25, 0.3) is 0 Å². The fraction of sp³-hybridized carbons (Fsp3) is 0.533. The number of pyridine rings is 1. The molecule has 1 aliphatic heterocycles. The van der Waals surface area contributed by atoms with E-state index in [1.807, 2.05) is 0 Å². The summed E-state index contributed by atoms with van der Waals surface area (Å²) >= 11 is 0.